The van der Waals surface area contributed by atoms with E-state index in [-0.39, 0.29) is 18.6 Å². The molecule has 0 aliphatic rings. The van der Waals surface area contributed by atoms with Gasteiger partial charge in [-0.15, -0.1) is 22.7 Å². The summed E-state index contributed by atoms with van der Waals surface area (Å²) in [6.45, 7) is 1.72. The Morgan fingerprint density at radius 1 is 1.58 bits per heavy atom. The molecule has 2 aromatic heterocycles. The van der Waals surface area contributed by atoms with Crippen LogP contribution in [0.1, 0.15) is 33.2 Å². The summed E-state index contributed by atoms with van der Waals surface area (Å²) in [7, 11) is 0. The Hall–Kier alpha value is -1.68. The number of hydrogen-bond acceptors (Lipinski definition) is 5. The Kier molecular flexibility index (Phi) is 4.68. The molecule has 1 atom stereocenters. The third-order valence-electron chi connectivity index (χ3n) is 2.32. The van der Waals surface area contributed by atoms with Crippen LogP contribution in [0.15, 0.2) is 23.0 Å². The summed E-state index contributed by atoms with van der Waals surface area (Å²) in [6.07, 6.45) is 1.72. The van der Waals surface area contributed by atoms with E-state index in [0.717, 1.165) is 9.88 Å². The standard InChI is InChI=1S/C13H12N2O2S2/c1-9(13-14-4-6-18-13)15-12(17)10-7-11(19-8-10)3-2-5-16/h4,6-9,16H,5H2,1H3,(H,15,17). The van der Waals surface area contributed by atoms with Crippen molar-refractivity contribution in [1.29, 1.82) is 0 Å². The monoisotopic (exact) mass is 292 g/mol. The van der Waals surface area contributed by atoms with Crippen LogP contribution >= 0.6 is 22.7 Å². The number of hydrogen-bond donors (Lipinski definition) is 2. The van der Waals surface area contributed by atoms with Gasteiger partial charge < -0.3 is 10.4 Å². The molecule has 98 valence electrons. The minimum absolute atomic E-state index is 0.112. The van der Waals surface area contributed by atoms with Gasteiger partial charge in [-0.3, -0.25) is 4.79 Å². The molecule has 6 heteroatoms. The summed E-state index contributed by atoms with van der Waals surface area (Å²) < 4.78 is 0. The quantitative estimate of drug-likeness (QED) is 0.851. The van der Waals surface area contributed by atoms with Gasteiger partial charge in [0.05, 0.1) is 16.5 Å². The molecule has 0 saturated carbocycles. The minimum atomic E-state index is -0.180. The Bertz CT molecular complexity index is 608. The van der Waals surface area contributed by atoms with Crippen molar-refractivity contribution in [3.8, 4) is 11.8 Å². The number of aromatic nitrogens is 1. The lowest BCUT2D eigenvalue weighted by molar-refractivity contribution is 0.0940. The predicted octanol–water partition coefficient (Wildman–Crippen LogP) is 2.04. The second-order valence-electron chi connectivity index (χ2n) is 3.73. The normalized spacial score (nSPS) is 11.5. The first-order chi connectivity index (χ1) is 9.20. The highest BCUT2D eigenvalue weighted by atomic mass is 32.1. The first-order valence-electron chi connectivity index (χ1n) is 5.59. The highest BCUT2D eigenvalue weighted by Crippen LogP contribution is 2.17. The maximum atomic E-state index is 12.0. The van der Waals surface area contributed by atoms with E-state index in [1.807, 2.05) is 12.3 Å². The van der Waals surface area contributed by atoms with Gasteiger partial charge in [0, 0.05) is 17.0 Å². The molecule has 0 saturated heterocycles. The first kappa shape index (κ1) is 13.7. The molecule has 1 amide bonds. The predicted molar refractivity (Wildman–Crippen MR) is 76.3 cm³/mol. The van der Waals surface area contributed by atoms with Crippen LogP contribution in [0.5, 0.6) is 0 Å². The molecule has 19 heavy (non-hydrogen) atoms. The van der Waals surface area contributed by atoms with Crippen molar-refractivity contribution < 1.29 is 9.90 Å². The fourth-order valence-electron chi connectivity index (χ4n) is 1.44. The van der Waals surface area contributed by atoms with Crippen molar-refractivity contribution in [3.63, 3.8) is 0 Å². The summed E-state index contributed by atoms with van der Waals surface area (Å²) in [5.41, 5.74) is 0.579. The summed E-state index contributed by atoms with van der Waals surface area (Å²) in [6, 6.07) is 1.61. The van der Waals surface area contributed by atoms with E-state index in [4.69, 9.17) is 5.11 Å². The van der Waals surface area contributed by atoms with Crippen molar-refractivity contribution >= 4 is 28.6 Å². The van der Waals surface area contributed by atoms with Crippen LogP contribution in [0, 0.1) is 11.8 Å². The van der Waals surface area contributed by atoms with Gasteiger partial charge in [-0.25, -0.2) is 4.98 Å². The van der Waals surface area contributed by atoms with Crippen molar-refractivity contribution in [2.24, 2.45) is 0 Å². The summed E-state index contributed by atoms with van der Waals surface area (Å²) >= 11 is 2.89. The van der Waals surface area contributed by atoms with Crippen LogP contribution in [0.3, 0.4) is 0 Å². The van der Waals surface area contributed by atoms with Crippen molar-refractivity contribution in [1.82, 2.24) is 10.3 Å². The number of carbonyl (C=O) groups is 1. The third-order valence-corrected chi connectivity index (χ3v) is 4.13. The lowest BCUT2D eigenvalue weighted by Crippen LogP contribution is -2.26. The Morgan fingerprint density at radius 3 is 3.11 bits per heavy atom. The highest BCUT2D eigenvalue weighted by Gasteiger charge is 2.14. The molecule has 0 fully saturated rings. The lowest BCUT2D eigenvalue weighted by Gasteiger charge is -2.09. The van der Waals surface area contributed by atoms with E-state index >= 15 is 0 Å². The van der Waals surface area contributed by atoms with Crippen LogP contribution in [0.25, 0.3) is 0 Å². The molecule has 2 aromatic rings. The molecule has 0 radical (unpaired) electrons. The molecular formula is C13H12N2O2S2. The summed E-state index contributed by atoms with van der Waals surface area (Å²) in [5.74, 6) is 5.19. The topological polar surface area (TPSA) is 62.2 Å². The molecule has 4 nitrogen and oxygen atoms in total. The Balaban J connectivity index is 2.02. The zero-order chi connectivity index (χ0) is 13.7. The van der Waals surface area contributed by atoms with Crippen LogP contribution in [0.4, 0.5) is 0 Å². The zero-order valence-electron chi connectivity index (χ0n) is 10.2. The van der Waals surface area contributed by atoms with E-state index in [0.29, 0.717) is 5.56 Å². The maximum Gasteiger partial charge on any atom is 0.252 e. The van der Waals surface area contributed by atoms with E-state index in [2.05, 4.69) is 22.1 Å². The lowest BCUT2D eigenvalue weighted by atomic mass is 10.2. The second kappa shape index (κ2) is 6.48. The van der Waals surface area contributed by atoms with Gasteiger partial charge in [-0.1, -0.05) is 11.8 Å². The number of nitrogens with zero attached hydrogens (tertiary/aromatic N) is 1. The van der Waals surface area contributed by atoms with Gasteiger partial charge in [0.1, 0.15) is 11.6 Å². The van der Waals surface area contributed by atoms with E-state index in [9.17, 15) is 4.79 Å². The summed E-state index contributed by atoms with van der Waals surface area (Å²) in [5, 5.41) is 16.0. The molecule has 2 heterocycles. The van der Waals surface area contributed by atoms with Gasteiger partial charge in [0.15, 0.2) is 0 Å². The third kappa shape index (κ3) is 3.64. The number of rotatable bonds is 3. The molecule has 2 N–H and O–H groups in total. The molecule has 0 aliphatic heterocycles. The molecule has 1 unspecified atom stereocenters. The zero-order valence-corrected chi connectivity index (χ0v) is 11.8. The Morgan fingerprint density at radius 2 is 2.42 bits per heavy atom. The van der Waals surface area contributed by atoms with Crippen molar-refractivity contribution in [3.05, 3.63) is 38.5 Å². The molecule has 0 bridgehead atoms. The van der Waals surface area contributed by atoms with Gasteiger partial charge in [-0.2, -0.15) is 0 Å². The molecule has 0 aromatic carbocycles. The average Bonchev–Trinajstić information content (AvgIpc) is 3.07. The van der Waals surface area contributed by atoms with Crippen LogP contribution in [-0.2, 0) is 0 Å². The second-order valence-corrected chi connectivity index (χ2v) is 5.56. The fraction of sp³-hybridized carbons (Fsp3) is 0.231. The number of amides is 1. The van der Waals surface area contributed by atoms with Gasteiger partial charge >= 0.3 is 0 Å². The maximum absolute atomic E-state index is 12.0. The number of carbonyl (C=O) groups excluding carboxylic acids is 1. The SMILES string of the molecule is CC(NC(=O)c1csc(C#CCO)c1)c1nccs1. The number of aliphatic hydroxyl groups excluding tert-OH is 1. The number of thiazole rings is 1. The highest BCUT2D eigenvalue weighted by molar-refractivity contribution is 7.10. The van der Waals surface area contributed by atoms with Crippen LogP contribution in [-0.4, -0.2) is 22.6 Å². The van der Waals surface area contributed by atoms with E-state index in [1.54, 1.807) is 17.6 Å². The average molecular weight is 292 g/mol. The summed E-state index contributed by atoms with van der Waals surface area (Å²) in [4.78, 5) is 16.9. The van der Waals surface area contributed by atoms with Gasteiger partial charge in [-0.05, 0) is 13.0 Å². The largest absolute Gasteiger partial charge is 0.384 e. The molecule has 0 aliphatic carbocycles. The van der Waals surface area contributed by atoms with E-state index < -0.39 is 0 Å². The van der Waals surface area contributed by atoms with Crippen LogP contribution < -0.4 is 5.32 Å². The van der Waals surface area contributed by atoms with Crippen molar-refractivity contribution in [2.45, 2.75) is 13.0 Å². The minimum Gasteiger partial charge on any atom is -0.384 e. The van der Waals surface area contributed by atoms with Crippen LogP contribution in [0.2, 0.25) is 0 Å². The smallest absolute Gasteiger partial charge is 0.252 e. The molecular weight excluding hydrogens is 280 g/mol. The molecule has 2 rings (SSSR count). The van der Waals surface area contributed by atoms with Crippen molar-refractivity contribution in [2.75, 3.05) is 6.61 Å². The van der Waals surface area contributed by atoms with Gasteiger partial charge in [0.25, 0.3) is 5.91 Å². The number of aliphatic hydroxyl groups is 1. The Labute approximate surface area is 119 Å². The molecule has 0 spiro atoms. The van der Waals surface area contributed by atoms with Gasteiger partial charge in [0.2, 0.25) is 0 Å². The number of nitrogens with one attached hydrogen (secondary N) is 1. The number of thiophene rings is 1. The van der Waals surface area contributed by atoms with E-state index in [1.165, 1.54) is 22.7 Å². The first-order valence-corrected chi connectivity index (χ1v) is 7.35. The fourth-order valence-corrected chi connectivity index (χ4v) is 2.84.